The molecule has 212 valence electrons. The van der Waals surface area contributed by atoms with Crippen molar-refractivity contribution in [2.24, 2.45) is 0 Å². The fourth-order valence-electron chi connectivity index (χ4n) is 3.94. The molecule has 11 heteroatoms. The fraction of sp³-hybridized carbons (Fsp3) is 0.200. The van der Waals surface area contributed by atoms with E-state index in [1.165, 1.54) is 18.2 Å². The van der Waals surface area contributed by atoms with Gasteiger partial charge in [-0.3, -0.25) is 14.9 Å². The third-order valence-electron chi connectivity index (χ3n) is 5.82. The maximum Gasteiger partial charge on any atom is 0.416 e. The van der Waals surface area contributed by atoms with Crippen molar-refractivity contribution in [3.63, 3.8) is 0 Å². The number of anilines is 1. The number of nitro benzene ring substituents is 1. The Morgan fingerprint density at radius 3 is 2.46 bits per heavy atom. The monoisotopic (exact) mass is 565 g/mol. The van der Waals surface area contributed by atoms with Gasteiger partial charge in [0, 0.05) is 17.3 Å². The van der Waals surface area contributed by atoms with Crippen molar-refractivity contribution in [3.8, 4) is 23.3 Å². The Morgan fingerprint density at radius 2 is 1.88 bits per heavy atom. The Hall–Kier alpha value is -5.11. The number of halogens is 3. The molecule has 0 bridgehead atoms. The van der Waals surface area contributed by atoms with Crippen molar-refractivity contribution in [1.29, 1.82) is 5.26 Å². The van der Waals surface area contributed by atoms with Crippen LogP contribution in [0.3, 0.4) is 0 Å². The molecule has 0 atom stereocenters. The standard InChI is InChI=1S/C30H26F3N3O5/c1-5-7-21-13-20(14-22(17-34)29(37)35-24-10-8-18(3)12-19(24)4)15-27(40-6-2)28(21)41-26-11-9-23(30(31,32)33)16-25(26)36(38)39/h5,8-16H,1,6-7H2,2-4H3,(H,35,37)/b22-14+. The molecule has 0 fully saturated rings. The number of aryl methyl sites for hydroxylation is 2. The largest absolute Gasteiger partial charge is 0.490 e. The molecule has 3 aromatic carbocycles. The van der Waals surface area contributed by atoms with Crippen LogP contribution >= 0.6 is 0 Å². The Kier molecular flexibility index (Phi) is 9.52. The van der Waals surface area contributed by atoms with Gasteiger partial charge in [0.1, 0.15) is 11.6 Å². The Balaban J connectivity index is 2.07. The maximum absolute atomic E-state index is 13.2. The zero-order valence-electron chi connectivity index (χ0n) is 22.5. The molecule has 0 aliphatic carbocycles. The van der Waals surface area contributed by atoms with Gasteiger partial charge in [-0.25, -0.2) is 0 Å². The number of nitro groups is 1. The van der Waals surface area contributed by atoms with Crippen LogP contribution in [0.25, 0.3) is 6.08 Å². The first-order chi connectivity index (χ1) is 19.4. The van der Waals surface area contributed by atoms with Gasteiger partial charge in [-0.15, -0.1) is 6.58 Å². The minimum Gasteiger partial charge on any atom is -0.490 e. The summed E-state index contributed by atoms with van der Waals surface area (Å²) in [6.07, 6.45) is -1.75. The molecule has 0 aliphatic rings. The van der Waals surface area contributed by atoms with Gasteiger partial charge in [0.15, 0.2) is 11.5 Å². The lowest BCUT2D eigenvalue weighted by Gasteiger charge is -2.17. The molecule has 0 saturated heterocycles. The number of nitriles is 1. The summed E-state index contributed by atoms with van der Waals surface area (Å²) in [6.45, 7) is 9.26. The van der Waals surface area contributed by atoms with Gasteiger partial charge in [-0.05, 0) is 74.7 Å². The molecule has 1 N–H and O–H groups in total. The molecular formula is C30H26F3N3O5. The molecule has 0 aliphatic heterocycles. The first-order valence-corrected chi connectivity index (χ1v) is 12.3. The number of ether oxygens (including phenoxy) is 2. The van der Waals surface area contributed by atoms with Crippen molar-refractivity contribution < 1.29 is 32.4 Å². The second-order valence-corrected chi connectivity index (χ2v) is 8.91. The molecule has 41 heavy (non-hydrogen) atoms. The molecule has 8 nitrogen and oxygen atoms in total. The average Bonchev–Trinajstić information content (AvgIpc) is 2.90. The highest BCUT2D eigenvalue weighted by atomic mass is 19.4. The highest BCUT2D eigenvalue weighted by Gasteiger charge is 2.34. The number of carbonyl (C=O) groups excluding carboxylic acids is 1. The highest BCUT2D eigenvalue weighted by molar-refractivity contribution is 6.10. The molecule has 3 rings (SSSR count). The third-order valence-corrected chi connectivity index (χ3v) is 5.82. The number of benzene rings is 3. The SMILES string of the molecule is C=CCc1cc(/C=C(\C#N)C(=O)Nc2ccc(C)cc2C)cc(OCC)c1Oc1ccc(C(F)(F)F)cc1[N+](=O)[O-]. The number of hydrogen-bond donors (Lipinski definition) is 1. The molecule has 0 saturated carbocycles. The van der Waals surface area contributed by atoms with E-state index in [-0.39, 0.29) is 30.1 Å². The third kappa shape index (κ3) is 7.51. The molecular weight excluding hydrogens is 539 g/mol. The van der Waals surface area contributed by atoms with Crippen LogP contribution in [0.4, 0.5) is 24.5 Å². The van der Waals surface area contributed by atoms with Crippen molar-refractivity contribution in [1.82, 2.24) is 0 Å². The molecule has 0 unspecified atom stereocenters. The summed E-state index contributed by atoms with van der Waals surface area (Å²) in [5, 5.41) is 24.0. The molecule has 0 spiro atoms. The second-order valence-electron chi connectivity index (χ2n) is 8.91. The van der Waals surface area contributed by atoms with Crippen molar-refractivity contribution in [3.05, 3.63) is 105 Å². The van der Waals surface area contributed by atoms with Crippen LogP contribution in [-0.2, 0) is 17.4 Å². The number of nitrogens with zero attached hydrogens (tertiary/aromatic N) is 2. The highest BCUT2D eigenvalue weighted by Crippen LogP contribution is 2.42. The number of carbonyl (C=O) groups is 1. The zero-order chi connectivity index (χ0) is 30.3. The maximum atomic E-state index is 13.2. The van der Waals surface area contributed by atoms with E-state index in [2.05, 4.69) is 11.9 Å². The predicted molar refractivity (Wildman–Crippen MR) is 148 cm³/mol. The number of amides is 1. The minimum absolute atomic E-state index is 0.0185. The Bertz CT molecular complexity index is 1570. The summed E-state index contributed by atoms with van der Waals surface area (Å²) in [5.41, 5.74) is 0.877. The van der Waals surface area contributed by atoms with E-state index in [0.717, 1.165) is 17.2 Å². The Morgan fingerprint density at radius 1 is 1.15 bits per heavy atom. The zero-order valence-corrected chi connectivity index (χ0v) is 22.5. The molecule has 1 amide bonds. The van der Waals surface area contributed by atoms with Gasteiger partial charge >= 0.3 is 11.9 Å². The van der Waals surface area contributed by atoms with E-state index in [1.807, 2.05) is 32.0 Å². The summed E-state index contributed by atoms with van der Waals surface area (Å²) in [7, 11) is 0. The summed E-state index contributed by atoms with van der Waals surface area (Å²) in [5.74, 6) is -0.948. The van der Waals surface area contributed by atoms with Gasteiger partial charge in [0.2, 0.25) is 5.75 Å². The number of allylic oxidation sites excluding steroid dienone is 1. The summed E-state index contributed by atoms with van der Waals surface area (Å²) in [6, 6.07) is 12.3. The normalized spacial score (nSPS) is 11.4. The summed E-state index contributed by atoms with van der Waals surface area (Å²) in [4.78, 5) is 23.5. The van der Waals surface area contributed by atoms with Crippen LogP contribution < -0.4 is 14.8 Å². The summed E-state index contributed by atoms with van der Waals surface area (Å²) >= 11 is 0. The Labute approximate surface area is 234 Å². The lowest BCUT2D eigenvalue weighted by Crippen LogP contribution is -2.14. The van der Waals surface area contributed by atoms with E-state index >= 15 is 0 Å². The van der Waals surface area contributed by atoms with E-state index in [4.69, 9.17) is 9.47 Å². The van der Waals surface area contributed by atoms with E-state index < -0.39 is 34.0 Å². The smallest absolute Gasteiger partial charge is 0.416 e. The number of alkyl halides is 3. The number of hydrogen-bond acceptors (Lipinski definition) is 6. The quantitative estimate of drug-likeness (QED) is 0.0886. The van der Waals surface area contributed by atoms with E-state index in [1.54, 1.807) is 19.1 Å². The van der Waals surface area contributed by atoms with Crippen LogP contribution in [-0.4, -0.2) is 17.4 Å². The number of rotatable bonds is 10. The second kappa shape index (κ2) is 12.8. The van der Waals surface area contributed by atoms with Crippen molar-refractivity contribution in [2.45, 2.75) is 33.4 Å². The van der Waals surface area contributed by atoms with Gasteiger partial charge in [-0.2, -0.15) is 18.4 Å². The summed E-state index contributed by atoms with van der Waals surface area (Å²) < 4.78 is 51.0. The lowest BCUT2D eigenvalue weighted by atomic mass is 10.0. The number of nitrogens with one attached hydrogen (secondary N) is 1. The van der Waals surface area contributed by atoms with Crippen LogP contribution in [0, 0.1) is 35.3 Å². The molecule has 0 heterocycles. The van der Waals surface area contributed by atoms with Gasteiger partial charge in [-0.1, -0.05) is 23.8 Å². The van der Waals surface area contributed by atoms with Gasteiger partial charge in [0.05, 0.1) is 17.1 Å². The fourth-order valence-corrected chi connectivity index (χ4v) is 3.94. The van der Waals surface area contributed by atoms with Crippen molar-refractivity contribution in [2.75, 3.05) is 11.9 Å². The van der Waals surface area contributed by atoms with Crippen LogP contribution in [0.5, 0.6) is 17.2 Å². The molecule has 3 aromatic rings. The van der Waals surface area contributed by atoms with E-state index in [9.17, 15) is 33.3 Å². The van der Waals surface area contributed by atoms with Crippen LogP contribution in [0.15, 0.2) is 66.8 Å². The van der Waals surface area contributed by atoms with Crippen LogP contribution in [0.1, 0.15) is 34.7 Å². The van der Waals surface area contributed by atoms with Crippen LogP contribution in [0.2, 0.25) is 0 Å². The lowest BCUT2D eigenvalue weighted by molar-refractivity contribution is -0.385. The average molecular weight is 566 g/mol. The van der Waals surface area contributed by atoms with Crippen molar-refractivity contribution >= 4 is 23.4 Å². The minimum atomic E-state index is -4.79. The first-order valence-electron chi connectivity index (χ1n) is 12.3. The molecule has 0 radical (unpaired) electrons. The van der Waals surface area contributed by atoms with Gasteiger partial charge < -0.3 is 14.8 Å². The predicted octanol–water partition coefficient (Wildman–Crippen LogP) is 7.70. The topological polar surface area (TPSA) is 114 Å². The molecule has 0 aromatic heterocycles. The van der Waals surface area contributed by atoms with Gasteiger partial charge in [0.25, 0.3) is 5.91 Å². The van der Waals surface area contributed by atoms with E-state index in [0.29, 0.717) is 28.9 Å². The first kappa shape index (κ1) is 30.4.